The zero-order chi connectivity index (χ0) is 16.0. The largest absolute Gasteiger partial charge is 0.334 e. The van der Waals surface area contributed by atoms with Crippen LogP contribution in [0.2, 0.25) is 0 Å². The Bertz CT molecular complexity index is 787. The van der Waals surface area contributed by atoms with Crippen molar-refractivity contribution in [2.75, 3.05) is 11.9 Å². The monoisotopic (exact) mass is 306 g/mol. The van der Waals surface area contributed by atoms with Crippen LogP contribution < -0.4 is 5.32 Å². The summed E-state index contributed by atoms with van der Waals surface area (Å²) in [5.74, 6) is 0.00390. The molecule has 0 aromatic heterocycles. The van der Waals surface area contributed by atoms with E-state index in [2.05, 4.69) is 5.32 Å². The van der Waals surface area contributed by atoms with Crippen molar-refractivity contribution in [3.63, 3.8) is 0 Å². The number of fused-ring (bicyclic) bond motifs is 2. The summed E-state index contributed by atoms with van der Waals surface area (Å²) in [4.78, 5) is 27.0. The molecule has 2 atom stereocenters. The summed E-state index contributed by atoms with van der Waals surface area (Å²) in [5, 5.41) is 3.01. The maximum Gasteiger partial charge on any atom is 0.237 e. The zero-order valence-electron chi connectivity index (χ0n) is 13.0. The first-order valence-corrected chi connectivity index (χ1v) is 7.88. The molecule has 0 saturated carbocycles. The van der Waals surface area contributed by atoms with E-state index in [4.69, 9.17) is 0 Å². The molecule has 2 amide bonds. The Morgan fingerprint density at radius 3 is 2.57 bits per heavy atom. The summed E-state index contributed by atoms with van der Waals surface area (Å²) >= 11 is 0. The van der Waals surface area contributed by atoms with Gasteiger partial charge in [0.15, 0.2) is 0 Å². The number of amides is 2. The number of nitrogens with zero attached hydrogens (tertiary/aromatic N) is 1. The minimum absolute atomic E-state index is 0.00342. The molecule has 2 aliphatic heterocycles. The lowest BCUT2D eigenvalue weighted by Crippen LogP contribution is -2.42. The normalized spacial score (nSPS) is 25.5. The molecule has 2 aromatic rings. The van der Waals surface area contributed by atoms with E-state index < -0.39 is 5.41 Å². The molecule has 1 fully saturated rings. The molecule has 4 heteroatoms. The molecule has 23 heavy (non-hydrogen) atoms. The number of nitrogens with one attached hydrogen (secondary N) is 1. The molecule has 116 valence electrons. The molecule has 1 N–H and O–H groups in total. The summed E-state index contributed by atoms with van der Waals surface area (Å²) in [6.07, 6.45) is 0.648. The van der Waals surface area contributed by atoms with Crippen LogP contribution in [0.5, 0.6) is 0 Å². The van der Waals surface area contributed by atoms with Gasteiger partial charge in [-0.1, -0.05) is 48.5 Å². The van der Waals surface area contributed by atoms with Crippen molar-refractivity contribution in [1.82, 2.24) is 4.90 Å². The molecule has 0 aliphatic carbocycles. The number of benzene rings is 2. The van der Waals surface area contributed by atoms with Gasteiger partial charge < -0.3 is 10.2 Å². The van der Waals surface area contributed by atoms with E-state index in [9.17, 15) is 9.59 Å². The highest BCUT2D eigenvalue weighted by Gasteiger charge is 2.58. The summed E-state index contributed by atoms with van der Waals surface area (Å²) in [5.41, 5.74) is 2.18. The van der Waals surface area contributed by atoms with Crippen molar-refractivity contribution in [2.45, 2.75) is 24.8 Å². The maximum atomic E-state index is 13.0. The van der Waals surface area contributed by atoms with Gasteiger partial charge in [-0.05, 0) is 23.6 Å². The fourth-order valence-electron chi connectivity index (χ4n) is 4.12. The third-order valence-electron chi connectivity index (χ3n) is 5.11. The minimum Gasteiger partial charge on any atom is -0.334 e. The van der Waals surface area contributed by atoms with Gasteiger partial charge >= 0.3 is 0 Å². The first-order chi connectivity index (χ1) is 11.1. The van der Waals surface area contributed by atoms with Gasteiger partial charge in [0.25, 0.3) is 0 Å². The number of anilines is 1. The van der Waals surface area contributed by atoms with Gasteiger partial charge in [-0.2, -0.15) is 0 Å². The van der Waals surface area contributed by atoms with Gasteiger partial charge in [0, 0.05) is 19.2 Å². The van der Waals surface area contributed by atoms with Crippen molar-refractivity contribution in [1.29, 1.82) is 0 Å². The van der Waals surface area contributed by atoms with E-state index >= 15 is 0 Å². The second-order valence-corrected chi connectivity index (χ2v) is 6.25. The van der Waals surface area contributed by atoms with E-state index in [0.717, 1.165) is 16.8 Å². The van der Waals surface area contributed by atoms with Crippen LogP contribution in [0.25, 0.3) is 0 Å². The average molecular weight is 306 g/mol. The van der Waals surface area contributed by atoms with Crippen molar-refractivity contribution < 1.29 is 9.59 Å². The van der Waals surface area contributed by atoms with Crippen LogP contribution in [0.3, 0.4) is 0 Å². The predicted octanol–water partition coefficient (Wildman–Crippen LogP) is 2.87. The van der Waals surface area contributed by atoms with Crippen LogP contribution >= 0.6 is 0 Å². The molecular formula is C19H18N2O2. The standard InChI is InChI=1S/C19H18N2O2/c1-13(22)21-12-11-19(17(21)14-7-3-2-4-8-14)15-9-5-6-10-16(15)20-18(19)23/h2-10,17H,11-12H2,1H3,(H,20,23)/t17-,19+/m0/s1. The Balaban J connectivity index is 1.94. The topological polar surface area (TPSA) is 49.4 Å². The average Bonchev–Trinajstić information content (AvgIpc) is 3.09. The van der Waals surface area contributed by atoms with E-state index in [1.807, 2.05) is 59.5 Å². The first kappa shape index (κ1) is 14.0. The summed E-state index contributed by atoms with van der Waals surface area (Å²) in [7, 11) is 0. The van der Waals surface area contributed by atoms with E-state index in [0.29, 0.717) is 13.0 Å². The highest BCUT2D eigenvalue weighted by molar-refractivity contribution is 6.07. The van der Waals surface area contributed by atoms with Gasteiger partial charge in [0.05, 0.1) is 6.04 Å². The molecule has 2 aliphatic rings. The molecule has 2 aromatic carbocycles. The lowest BCUT2D eigenvalue weighted by Gasteiger charge is -2.34. The molecule has 0 unspecified atom stereocenters. The van der Waals surface area contributed by atoms with Gasteiger partial charge in [-0.3, -0.25) is 9.59 Å². The van der Waals surface area contributed by atoms with E-state index in [1.165, 1.54) is 0 Å². The smallest absolute Gasteiger partial charge is 0.237 e. The Kier molecular flexibility index (Phi) is 3.01. The minimum atomic E-state index is -0.691. The second kappa shape index (κ2) is 4.95. The first-order valence-electron chi connectivity index (χ1n) is 7.88. The van der Waals surface area contributed by atoms with Gasteiger partial charge in [0.1, 0.15) is 5.41 Å². The summed E-state index contributed by atoms with van der Waals surface area (Å²) in [6.45, 7) is 2.17. The van der Waals surface area contributed by atoms with Crippen molar-refractivity contribution >= 4 is 17.5 Å². The lowest BCUT2D eigenvalue weighted by atomic mass is 9.72. The Morgan fingerprint density at radius 1 is 1.13 bits per heavy atom. The third kappa shape index (κ3) is 1.84. The Labute approximate surface area is 135 Å². The number of hydrogen-bond donors (Lipinski definition) is 1. The Morgan fingerprint density at radius 2 is 1.83 bits per heavy atom. The van der Waals surface area contributed by atoms with Crippen LogP contribution in [0.4, 0.5) is 5.69 Å². The molecule has 1 saturated heterocycles. The summed E-state index contributed by atoms with van der Waals surface area (Å²) < 4.78 is 0. The van der Waals surface area contributed by atoms with E-state index in [1.54, 1.807) is 6.92 Å². The SMILES string of the molecule is CC(=O)N1CC[C@]2(C(=O)Nc3ccccc32)[C@@H]1c1ccccc1. The van der Waals surface area contributed by atoms with Crippen LogP contribution in [-0.2, 0) is 15.0 Å². The van der Waals surface area contributed by atoms with Crippen LogP contribution in [0.15, 0.2) is 54.6 Å². The highest BCUT2D eigenvalue weighted by atomic mass is 16.2. The number of rotatable bonds is 1. The van der Waals surface area contributed by atoms with Crippen molar-refractivity contribution in [3.8, 4) is 0 Å². The quantitative estimate of drug-likeness (QED) is 0.880. The highest BCUT2D eigenvalue weighted by Crippen LogP contribution is 2.54. The number of para-hydroxylation sites is 1. The molecule has 0 bridgehead atoms. The number of likely N-dealkylation sites (tertiary alicyclic amines) is 1. The van der Waals surface area contributed by atoms with Crippen molar-refractivity contribution in [3.05, 3.63) is 65.7 Å². The molecule has 4 rings (SSSR count). The van der Waals surface area contributed by atoms with Gasteiger partial charge in [0.2, 0.25) is 11.8 Å². The lowest BCUT2D eigenvalue weighted by molar-refractivity contribution is -0.131. The zero-order valence-corrected chi connectivity index (χ0v) is 13.0. The number of carbonyl (C=O) groups excluding carboxylic acids is 2. The van der Waals surface area contributed by atoms with Crippen LogP contribution in [0.1, 0.15) is 30.5 Å². The van der Waals surface area contributed by atoms with Gasteiger partial charge in [-0.25, -0.2) is 0 Å². The Hall–Kier alpha value is -2.62. The molecule has 1 spiro atoms. The third-order valence-corrected chi connectivity index (χ3v) is 5.11. The molecular weight excluding hydrogens is 288 g/mol. The number of carbonyl (C=O) groups is 2. The van der Waals surface area contributed by atoms with Crippen molar-refractivity contribution in [2.24, 2.45) is 0 Å². The second-order valence-electron chi connectivity index (χ2n) is 6.25. The molecule has 4 nitrogen and oxygen atoms in total. The van der Waals surface area contributed by atoms with Crippen LogP contribution in [0, 0.1) is 0 Å². The van der Waals surface area contributed by atoms with E-state index in [-0.39, 0.29) is 17.9 Å². The number of hydrogen-bond acceptors (Lipinski definition) is 2. The summed E-state index contributed by atoms with van der Waals surface area (Å²) in [6, 6.07) is 17.4. The van der Waals surface area contributed by atoms with Crippen LogP contribution in [-0.4, -0.2) is 23.3 Å². The van der Waals surface area contributed by atoms with Gasteiger partial charge in [-0.15, -0.1) is 0 Å². The predicted molar refractivity (Wildman–Crippen MR) is 87.9 cm³/mol. The fourth-order valence-corrected chi connectivity index (χ4v) is 4.12. The molecule has 2 heterocycles. The molecule has 0 radical (unpaired) electrons. The fraction of sp³-hybridized carbons (Fsp3) is 0.263. The maximum absolute atomic E-state index is 13.0.